The summed E-state index contributed by atoms with van der Waals surface area (Å²) in [7, 11) is 0. The molecule has 0 saturated carbocycles. The van der Waals surface area contributed by atoms with Crippen molar-refractivity contribution in [1.82, 2.24) is 0 Å². The molecule has 1 atom stereocenters. The minimum absolute atomic E-state index is 0.0141. The summed E-state index contributed by atoms with van der Waals surface area (Å²) in [5, 5.41) is 14.1. The second-order valence-electron chi connectivity index (χ2n) is 5.25. The van der Waals surface area contributed by atoms with Gasteiger partial charge in [-0.2, -0.15) is 0 Å². The van der Waals surface area contributed by atoms with Gasteiger partial charge < -0.3 is 10.4 Å². The van der Waals surface area contributed by atoms with Crippen molar-refractivity contribution in [1.29, 1.82) is 0 Å². The zero-order valence-electron chi connectivity index (χ0n) is 12.6. The van der Waals surface area contributed by atoms with E-state index in [9.17, 15) is 5.11 Å². The molecular formula is C18H22ClNO. The highest BCUT2D eigenvalue weighted by molar-refractivity contribution is 6.33. The first-order chi connectivity index (χ1) is 10.1. The molecule has 1 unspecified atom stereocenters. The lowest BCUT2D eigenvalue weighted by molar-refractivity contribution is 0.207. The molecule has 0 saturated heterocycles. The van der Waals surface area contributed by atoms with Crippen LogP contribution in [0.2, 0.25) is 5.02 Å². The van der Waals surface area contributed by atoms with E-state index >= 15 is 0 Å². The molecule has 2 aromatic rings. The van der Waals surface area contributed by atoms with Crippen molar-refractivity contribution in [3.05, 3.63) is 64.7 Å². The van der Waals surface area contributed by atoms with Gasteiger partial charge in [-0.15, -0.1) is 0 Å². The molecule has 0 fully saturated rings. The Morgan fingerprint density at radius 3 is 2.24 bits per heavy atom. The highest BCUT2D eigenvalue weighted by atomic mass is 35.5. The quantitative estimate of drug-likeness (QED) is 0.816. The molecule has 0 amide bonds. The summed E-state index contributed by atoms with van der Waals surface area (Å²) in [4.78, 5) is 0. The van der Waals surface area contributed by atoms with Crippen LogP contribution in [0.3, 0.4) is 0 Å². The average Bonchev–Trinajstić information content (AvgIpc) is 2.55. The normalized spacial score (nSPS) is 13.7. The molecule has 2 N–H and O–H groups in total. The molecule has 0 aliphatic carbocycles. The van der Waals surface area contributed by atoms with Crippen LogP contribution in [0.5, 0.6) is 0 Å². The Morgan fingerprint density at radius 1 is 1.05 bits per heavy atom. The fourth-order valence-electron chi connectivity index (χ4n) is 2.49. The molecule has 0 radical (unpaired) electrons. The van der Waals surface area contributed by atoms with E-state index in [1.54, 1.807) is 0 Å². The molecule has 2 aromatic carbocycles. The number of rotatable bonds is 6. The first-order valence-corrected chi connectivity index (χ1v) is 7.76. The van der Waals surface area contributed by atoms with Crippen LogP contribution < -0.4 is 5.32 Å². The van der Waals surface area contributed by atoms with Gasteiger partial charge >= 0.3 is 0 Å². The van der Waals surface area contributed by atoms with Crippen molar-refractivity contribution in [3.8, 4) is 0 Å². The fraction of sp³-hybridized carbons (Fsp3) is 0.333. The molecule has 21 heavy (non-hydrogen) atoms. The predicted molar refractivity (Wildman–Crippen MR) is 89.9 cm³/mol. The number of para-hydroxylation sites is 1. The van der Waals surface area contributed by atoms with Gasteiger partial charge in [-0.3, -0.25) is 0 Å². The lowest BCUT2D eigenvalue weighted by Gasteiger charge is -2.34. The van der Waals surface area contributed by atoms with Crippen LogP contribution in [0.25, 0.3) is 0 Å². The van der Waals surface area contributed by atoms with E-state index < -0.39 is 5.54 Å². The molecule has 0 aliphatic heterocycles. The van der Waals surface area contributed by atoms with Crippen molar-refractivity contribution in [3.63, 3.8) is 0 Å². The lowest BCUT2D eigenvalue weighted by Crippen LogP contribution is -2.38. The van der Waals surface area contributed by atoms with E-state index in [-0.39, 0.29) is 6.61 Å². The molecule has 0 heterocycles. The second-order valence-corrected chi connectivity index (χ2v) is 5.66. The molecule has 112 valence electrons. The predicted octanol–water partition coefficient (Wildman–Crippen LogP) is 4.61. The zero-order valence-corrected chi connectivity index (χ0v) is 13.3. The summed E-state index contributed by atoms with van der Waals surface area (Å²) >= 11 is 6.24. The van der Waals surface area contributed by atoms with Crippen molar-refractivity contribution < 1.29 is 5.11 Å². The van der Waals surface area contributed by atoms with E-state index in [4.69, 9.17) is 11.6 Å². The van der Waals surface area contributed by atoms with E-state index in [0.717, 1.165) is 24.1 Å². The van der Waals surface area contributed by atoms with Gasteiger partial charge in [0.1, 0.15) is 0 Å². The van der Waals surface area contributed by atoms with Gasteiger partial charge in [0.05, 0.1) is 22.9 Å². The number of halogens is 1. The Kier molecular flexibility index (Phi) is 5.27. The van der Waals surface area contributed by atoms with Gasteiger partial charge in [0.2, 0.25) is 0 Å². The van der Waals surface area contributed by atoms with E-state index in [1.807, 2.05) is 24.3 Å². The Balaban J connectivity index is 2.37. The fourth-order valence-corrected chi connectivity index (χ4v) is 2.67. The molecule has 2 rings (SSSR count). The van der Waals surface area contributed by atoms with Crippen LogP contribution in [0.15, 0.2) is 48.5 Å². The maximum absolute atomic E-state index is 10.0. The Morgan fingerprint density at radius 2 is 1.71 bits per heavy atom. The van der Waals surface area contributed by atoms with Crippen LogP contribution in [0.1, 0.15) is 31.4 Å². The molecule has 0 bridgehead atoms. The van der Waals surface area contributed by atoms with Gasteiger partial charge in [-0.1, -0.05) is 61.8 Å². The minimum Gasteiger partial charge on any atom is -0.394 e. The summed E-state index contributed by atoms with van der Waals surface area (Å²) in [6, 6.07) is 16.0. The number of hydrogen-bond donors (Lipinski definition) is 2. The smallest absolute Gasteiger partial charge is 0.0854 e. The van der Waals surface area contributed by atoms with Crippen molar-refractivity contribution >= 4 is 17.3 Å². The maximum atomic E-state index is 10.0. The zero-order chi connectivity index (χ0) is 15.3. The SMILES string of the molecule is CCc1ccc(C(CC)(CO)Nc2ccccc2Cl)cc1. The first kappa shape index (κ1) is 15.9. The molecule has 0 aliphatic rings. The summed E-state index contributed by atoms with van der Waals surface area (Å²) in [5.41, 5.74) is 2.69. The van der Waals surface area contributed by atoms with E-state index in [0.29, 0.717) is 5.02 Å². The van der Waals surface area contributed by atoms with Crippen molar-refractivity contribution in [2.75, 3.05) is 11.9 Å². The molecule has 0 spiro atoms. The van der Waals surface area contributed by atoms with Gasteiger partial charge in [-0.25, -0.2) is 0 Å². The largest absolute Gasteiger partial charge is 0.394 e. The number of anilines is 1. The number of nitrogens with one attached hydrogen (secondary N) is 1. The summed E-state index contributed by atoms with van der Waals surface area (Å²) in [5.74, 6) is 0. The molecule has 3 heteroatoms. The molecule has 2 nitrogen and oxygen atoms in total. The first-order valence-electron chi connectivity index (χ1n) is 7.38. The average molecular weight is 304 g/mol. The minimum atomic E-state index is -0.517. The third-order valence-electron chi connectivity index (χ3n) is 4.04. The Labute approximate surface area is 131 Å². The van der Waals surface area contributed by atoms with Gasteiger partial charge in [-0.05, 0) is 36.1 Å². The van der Waals surface area contributed by atoms with Crippen LogP contribution in [0, 0.1) is 0 Å². The van der Waals surface area contributed by atoms with Gasteiger partial charge in [0, 0.05) is 0 Å². The maximum Gasteiger partial charge on any atom is 0.0854 e. The third-order valence-corrected chi connectivity index (χ3v) is 4.37. The Bertz CT molecular complexity index is 576. The Hall–Kier alpha value is -1.51. The lowest BCUT2D eigenvalue weighted by atomic mass is 9.87. The second kappa shape index (κ2) is 6.97. The van der Waals surface area contributed by atoms with Gasteiger partial charge in [0.25, 0.3) is 0 Å². The van der Waals surface area contributed by atoms with E-state index in [1.165, 1.54) is 5.56 Å². The monoisotopic (exact) mass is 303 g/mol. The molecule has 0 aromatic heterocycles. The van der Waals surface area contributed by atoms with E-state index in [2.05, 4.69) is 43.4 Å². The topological polar surface area (TPSA) is 32.3 Å². The number of aliphatic hydroxyl groups excluding tert-OH is 1. The highest BCUT2D eigenvalue weighted by Crippen LogP contribution is 2.32. The van der Waals surface area contributed by atoms with Crippen LogP contribution in [-0.4, -0.2) is 11.7 Å². The number of hydrogen-bond acceptors (Lipinski definition) is 2. The molecular weight excluding hydrogens is 282 g/mol. The van der Waals surface area contributed by atoms with Crippen LogP contribution >= 0.6 is 11.6 Å². The third kappa shape index (κ3) is 3.39. The highest BCUT2D eigenvalue weighted by Gasteiger charge is 2.30. The van der Waals surface area contributed by atoms with Crippen molar-refractivity contribution in [2.24, 2.45) is 0 Å². The van der Waals surface area contributed by atoms with Crippen molar-refractivity contribution in [2.45, 2.75) is 32.2 Å². The number of aliphatic hydroxyl groups is 1. The summed E-state index contributed by atoms with van der Waals surface area (Å²) in [6.45, 7) is 4.21. The van der Waals surface area contributed by atoms with Crippen LogP contribution in [0.4, 0.5) is 5.69 Å². The standard InChI is InChI=1S/C18H22ClNO/c1-3-14-9-11-15(12-10-14)18(4-2,13-21)20-17-8-6-5-7-16(17)19/h5-12,20-21H,3-4,13H2,1-2H3. The number of aryl methyl sites for hydroxylation is 1. The van der Waals surface area contributed by atoms with Crippen LogP contribution in [-0.2, 0) is 12.0 Å². The summed E-state index contributed by atoms with van der Waals surface area (Å²) < 4.78 is 0. The van der Waals surface area contributed by atoms with Gasteiger partial charge in [0.15, 0.2) is 0 Å². The number of benzene rings is 2. The summed E-state index contributed by atoms with van der Waals surface area (Å²) in [6.07, 6.45) is 1.77.